The van der Waals surface area contributed by atoms with Crippen LogP contribution in [0.5, 0.6) is 5.75 Å². The molecule has 49 heavy (non-hydrogen) atoms. The van der Waals surface area contributed by atoms with E-state index in [0.717, 1.165) is 55.2 Å². The molecule has 258 valence electrons. The number of benzene rings is 2. The predicted molar refractivity (Wildman–Crippen MR) is 183 cm³/mol. The van der Waals surface area contributed by atoms with E-state index >= 15 is 0 Å². The molecule has 2 N–H and O–H groups in total. The van der Waals surface area contributed by atoms with Crippen molar-refractivity contribution < 1.29 is 28.5 Å². The van der Waals surface area contributed by atoms with E-state index in [4.69, 9.17) is 18.9 Å². The predicted octanol–water partition coefficient (Wildman–Crippen LogP) is 4.23. The number of hydrogen-bond acceptors (Lipinski definition) is 12. The monoisotopic (exact) mass is 687 g/mol. The number of methoxy groups -OCH3 is 1. The van der Waals surface area contributed by atoms with Crippen LogP contribution in [0, 0.1) is 0 Å². The van der Waals surface area contributed by atoms with E-state index in [-0.39, 0.29) is 18.2 Å². The molecule has 2 aliphatic heterocycles. The molecule has 2 atom stereocenters. The third-order valence-corrected chi connectivity index (χ3v) is 9.21. The van der Waals surface area contributed by atoms with Crippen LogP contribution >= 0.6 is 11.3 Å². The summed E-state index contributed by atoms with van der Waals surface area (Å²) in [6, 6.07) is 20.5. The van der Waals surface area contributed by atoms with Crippen molar-refractivity contribution in [2.75, 3.05) is 57.2 Å². The number of unbranched alkanes of at least 4 members (excludes halogenated alkanes) is 1. The summed E-state index contributed by atoms with van der Waals surface area (Å²) in [5.74, 6) is -0.250. The maximum atomic E-state index is 13.7. The number of amides is 2. The lowest BCUT2D eigenvalue weighted by Gasteiger charge is -2.28. The Morgan fingerprint density at radius 1 is 0.959 bits per heavy atom. The normalized spacial score (nSPS) is 18.1. The fraction of sp³-hybridized carbons (Fsp3) is 0.429. The third-order valence-electron chi connectivity index (χ3n) is 8.31. The number of carbonyl (C=O) groups excluding carboxylic acids is 2. The molecule has 0 spiro atoms. The Morgan fingerprint density at radius 3 is 2.53 bits per heavy atom. The molecule has 2 aliphatic rings. The van der Waals surface area contributed by atoms with E-state index < -0.39 is 11.9 Å². The van der Waals surface area contributed by atoms with E-state index in [1.165, 1.54) is 11.3 Å². The third kappa shape index (κ3) is 10.3. The highest BCUT2D eigenvalue weighted by molar-refractivity contribution is 7.15. The van der Waals surface area contributed by atoms with Gasteiger partial charge in [-0.05, 0) is 54.7 Å². The van der Waals surface area contributed by atoms with Crippen molar-refractivity contribution in [1.82, 2.24) is 25.3 Å². The van der Waals surface area contributed by atoms with Crippen molar-refractivity contribution in [3.05, 3.63) is 88.6 Å². The number of carbonyl (C=O) groups is 2. The first-order valence-corrected chi connectivity index (χ1v) is 17.3. The topological polar surface area (TPSA) is 153 Å². The number of nitrogens with one attached hydrogen (secondary N) is 2. The molecule has 0 aliphatic carbocycles. The summed E-state index contributed by atoms with van der Waals surface area (Å²) in [5, 5.41) is 23.9. The van der Waals surface area contributed by atoms with Crippen LogP contribution in [0.2, 0.25) is 0 Å². The average Bonchev–Trinajstić information content (AvgIpc) is 3.77. The number of anilines is 2. The fourth-order valence-electron chi connectivity index (χ4n) is 5.48. The summed E-state index contributed by atoms with van der Waals surface area (Å²) in [5.41, 5.74) is 2.44. The second-order valence-corrected chi connectivity index (χ2v) is 13.1. The number of ether oxygens (including phenoxy) is 4. The Bertz CT molecular complexity index is 1660. The lowest BCUT2D eigenvalue weighted by Crippen LogP contribution is -2.39. The van der Waals surface area contributed by atoms with E-state index in [0.29, 0.717) is 54.9 Å². The van der Waals surface area contributed by atoms with Gasteiger partial charge in [0.15, 0.2) is 17.7 Å². The second kappa shape index (κ2) is 16.9. The largest absolute Gasteiger partial charge is 0.497 e. The number of epoxide rings is 1. The van der Waals surface area contributed by atoms with E-state index in [9.17, 15) is 9.59 Å². The Morgan fingerprint density at radius 2 is 1.78 bits per heavy atom. The van der Waals surface area contributed by atoms with Gasteiger partial charge in [-0.25, -0.2) is 0 Å². The first-order chi connectivity index (χ1) is 24.0. The van der Waals surface area contributed by atoms with Crippen molar-refractivity contribution in [1.29, 1.82) is 0 Å². The molecule has 0 saturated carbocycles. The van der Waals surface area contributed by atoms with Crippen LogP contribution < -0.4 is 15.4 Å². The van der Waals surface area contributed by atoms with Crippen LogP contribution in [0.3, 0.4) is 0 Å². The zero-order valence-electron chi connectivity index (χ0n) is 27.5. The van der Waals surface area contributed by atoms with Gasteiger partial charge in [0.1, 0.15) is 17.4 Å². The standard InChI is InChI=1S/C35H41N7O6S/c1-45-28-12-7-10-26(23-28)32(48-35(24-47-35)16-17-42-18-20-46-21-19-42)33(44)37-34-41-40-31(49-34)13-6-5-11-27-14-15-29(39-38-27)36-30(43)22-25-8-3-2-4-9-25/h2-4,7-10,12,14-15,23,32H,5-6,11,13,16-22,24H2,1H3,(H,36,39,43)(H,37,41,44). The number of aryl methyl sites for hydroxylation is 2. The van der Waals surface area contributed by atoms with Crippen molar-refractivity contribution in [2.45, 2.75) is 50.4 Å². The molecule has 0 radical (unpaired) electrons. The van der Waals surface area contributed by atoms with Crippen molar-refractivity contribution in [2.24, 2.45) is 0 Å². The molecule has 0 bridgehead atoms. The number of nitrogens with zero attached hydrogens (tertiary/aromatic N) is 5. The van der Waals surface area contributed by atoms with Crippen LogP contribution in [-0.4, -0.2) is 89.5 Å². The van der Waals surface area contributed by atoms with Gasteiger partial charge in [-0.2, -0.15) is 5.10 Å². The number of morpholine rings is 1. The van der Waals surface area contributed by atoms with Crippen LogP contribution in [0.1, 0.15) is 47.2 Å². The maximum absolute atomic E-state index is 13.7. The minimum Gasteiger partial charge on any atom is -0.497 e. The molecule has 14 heteroatoms. The van der Waals surface area contributed by atoms with Crippen LogP contribution in [0.25, 0.3) is 0 Å². The van der Waals surface area contributed by atoms with Crippen molar-refractivity contribution in [3.8, 4) is 5.75 Å². The highest BCUT2D eigenvalue weighted by atomic mass is 32.1. The fourth-order valence-corrected chi connectivity index (χ4v) is 6.27. The minimum atomic E-state index is -0.931. The molecule has 13 nitrogen and oxygen atoms in total. The Kier molecular flexibility index (Phi) is 11.9. The summed E-state index contributed by atoms with van der Waals surface area (Å²) in [7, 11) is 1.59. The quantitative estimate of drug-likeness (QED) is 0.121. The number of rotatable bonds is 17. The molecule has 2 saturated heterocycles. The molecule has 6 rings (SSSR count). The number of hydrogen-bond donors (Lipinski definition) is 2. The SMILES string of the molecule is COc1cccc(C(OC2(CCN3CCOCC3)CO2)C(=O)Nc2nnc(CCCCc3ccc(NC(=O)Cc4ccccc4)nn3)s2)c1. The zero-order valence-corrected chi connectivity index (χ0v) is 28.3. The molecule has 2 fully saturated rings. The summed E-state index contributed by atoms with van der Waals surface area (Å²) < 4.78 is 23.1. The highest BCUT2D eigenvalue weighted by Gasteiger charge is 2.49. The molecule has 2 amide bonds. The van der Waals surface area contributed by atoms with Crippen LogP contribution in [0.4, 0.5) is 10.9 Å². The molecular weight excluding hydrogens is 646 g/mol. The summed E-state index contributed by atoms with van der Waals surface area (Å²) in [6.07, 6.45) is 3.17. The molecule has 4 heterocycles. The average molecular weight is 688 g/mol. The smallest absolute Gasteiger partial charge is 0.260 e. The van der Waals surface area contributed by atoms with Gasteiger partial charge in [0.2, 0.25) is 11.0 Å². The van der Waals surface area contributed by atoms with Crippen LogP contribution in [0.15, 0.2) is 66.7 Å². The summed E-state index contributed by atoms with van der Waals surface area (Å²) in [6.45, 7) is 4.39. The zero-order chi connectivity index (χ0) is 33.9. The Hall–Kier alpha value is -4.34. The minimum absolute atomic E-state index is 0.135. The molecular formula is C35H41N7O6S. The van der Waals surface area contributed by atoms with E-state index in [1.807, 2.05) is 54.6 Å². The highest BCUT2D eigenvalue weighted by Crippen LogP contribution is 2.39. The number of aromatic nitrogens is 4. The van der Waals surface area contributed by atoms with E-state index in [1.54, 1.807) is 19.2 Å². The van der Waals surface area contributed by atoms with Crippen molar-refractivity contribution in [3.63, 3.8) is 0 Å². The van der Waals surface area contributed by atoms with Gasteiger partial charge >= 0.3 is 0 Å². The van der Waals surface area contributed by atoms with Crippen molar-refractivity contribution >= 4 is 34.1 Å². The van der Waals surface area contributed by atoms with E-state index in [2.05, 4.69) is 35.9 Å². The van der Waals surface area contributed by atoms with Gasteiger partial charge in [0.25, 0.3) is 5.91 Å². The van der Waals surface area contributed by atoms with Gasteiger partial charge in [0, 0.05) is 32.5 Å². The molecule has 2 aromatic carbocycles. The summed E-state index contributed by atoms with van der Waals surface area (Å²) in [4.78, 5) is 28.3. The Labute approximate surface area is 289 Å². The van der Waals surface area contributed by atoms with Gasteiger partial charge < -0.3 is 24.3 Å². The lowest BCUT2D eigenvalue weighted by atomic mass is 10.1. The molecule has 4 aromatic rings. The Balaban J connectivity index is 0.974. The molecule has 2 aromatic heterocycles. The van der Waals surface area contributed by atoms with Gasteiger partial charge in [-0.15, -0.1) is 15.3 Å². The summed E-state index contributed by atoms with van der Waals surface area (Å²) >= 11 is 1.35. The molecule has 2 unspecified atom stereocenters. The first kappa shape index (κ1) is 34.5. The lowest BCUT2D eigenvalue weighted by molar-refractivity contribution is -0.145. The van der Waals surface area contributed by atoms with Gasteiger partial charge in [-0.3, -0.25) is 19.8 Å². The first-order valence-electron chi connectivity index (χ1n) is 16.5. The maximum Gasteiger partial charge on any atom is 0.260 e. The van der Waals surface area contributed by atoms with Gasteiger partial charge in [0.05, 0.1) is 32.4 Å². The second-order valence-electron chi connectivity index (χ2n) is 12.0. The van der Waals surface area contributed by atoms with Gasteiger partial charge in [-0.1, -0.05) is 53.8 Å². The van der Waals surface area contributed by atoms with Crippen LogP contribution in [-0.2, 0) is 43.1 Å².